The van der Waals surface area contributed by atoms with E-state index >= 15 is 0 Å². The van der Waals surface area contributed by atoms with E-state index in [0.717, 1.165) is 18.4 Å². The number of carbonyl (C=O) groups is 3. The zero-order valence-electron chi connectivity index (χ0n) is 24.7. The lowest BCUT2D eigenvalue weighted by molar-refractivity contribution is -0.136. The number of amides is 2. The number of hydrogen-bond acceptors (Lipinski definition) is 6. The predicted octanol–water partition coefficient (Wildman–Crippen LogP) is 3.47. The van der Waals surface area contributed by atoms with Gasteiger partial charge in [0.05, 0.1) is 6.10 Å². The van der Waals surface area contributed by atoms with Gasteiger partial charge in [-0.2, -0.15) is 0 Å². The summed E-state index contributed by atoms with van der Waals surface area (Å²) >= 11 is 0. The molecular formula is C31H45FN4O4. The highest BCUT2D eigenvalue weighted by Gasteiger charge is 2.37. The summed E-state index contributed by atoms with van der Waals surface area (Å²) in [4.78, 5) is 40.4. The van der Waals surface area contributed by atoms with Gasteiger partial charge in [0.25, 0.3) is 5.91 Å². The zero-order valence-corrected chi connectivity index (χ0v) is 24.7. The molecule has 0 spiro atoms. The third-order valence-electron chi connectivity index (χ3n) is 6.42. The first-order chi connectivity index (χ1) is 18.9. The SMILES string of the molecule is C\C=C/C=C1/C(=O)N(C(CCC=O)C(=O)NC)C/C1=C\NCc1cc(CN(CC(C)O)CC(C)(C)C)ccc1F. The van der Waals surface area contributed by atoms with E-state index in [1.165, 1.54) is 18.0 Å². The van der Waals surface area contributed by atoms with Crippen molar-refractivity contribution in [2.75, 3.05) is 26.7 Å². The van der Waals surface area contributed by atoms with Crippen molar-refractivity contribution >= 4 is 18.1 Å². The molecule has 0 radical (unpaired) electrons. The average molecular weight is 557 g/mol. The van der Waals surface area contributed by atoms with E-state index in [9.17, 15) is 23.9 Å². The summed E-state index contributed by atoms with van der Waals surface area (Å²) in [6.07, 6.45) is 7.60. The molecule has 1 aliphatic rings. The molecule has 0 saturated carbocycles. The summed E-state index contributed by atoms with van der Waals surface area (Å²) in [6.45, 7) is 12.3. The second-order valence-electron chi connectivity index (χ2n) is 11.5. The number of likely N-dealkylation sites (tertiary alicyclic amines) is 1. The summed E-state index contributed by atoms with van der Waals surface area (Å²) in [7, 11) is 1.50. The molecule has 220 valence electrons. The smallest absolute Gasteiger partial charge is 0.255 e. The Morgan fingerprint density at radius 2 is 2.02 bits per heavy atom. The molecule has 2 unspecified atom stereocenters. The van der Waals surface area contributed by atoms with Crippen molar-refractivity contribution in [1.29, 1.82) is 0 Å². The van der Waals surface area contributed by atoms with E-state index in [4.69, 9.17) is 0 Å². The van der Waals surface area contributed by atoms with Gasteiger partial charge in [-0.15, -0.1) is 0 Å². The van der Waals surface area contributed by atoms with Crippen LogP contribution < -0.4 is 10.6 Å². The lowest BCUT2D eigenvalue weighted by Crippen LogP contribution is -2.46. The number of nitrogens with zero attached hydrogens (tertiary/aromatic N) is 2. The quantitative estimate of drug-likeness (QED) is 0.240. The number of rotatable bonds is 14. The standard InChI is InChI=1S/C31H45FN4O4/c1-7-8-10-26-25(20-36(30(26)40)28(11-9-14-37)29(39)33-6)17-34-16-24-15-23(12-13-27(24)32)19-35(18-22(2)38)21-31(3,4)5/h7-8,10,12-15,17,22,28,34,38H,9,11,16,18-21H2,1-6H3,(H,33,39)/b8-7-,25-17+,26-10+. The predicted molar refractivity (Wildman–Crippen MR) is 155 cm³/mol. The van der Waals surface area contributed by atoms with Crippen molar-refractivity contribution in [3.63, 3.8) is 0 Å². The van der Waals surface area contributed by atoms with Crippen molar-refractivity contribution in [2.24, 2.45) is 5.41 Å². The van der Waals surface area contributed by atoms with Crippen LogP contribution in [-0.2, 0) is 27.5 Å². The Morgan fingerprint density at radius 1 is 1.30 bits per heavy atom. The molecule has 1 aromatic rings. The van der Waals surface area contributed by atoms with Gasteiger partial charge in [-0.05, 0) is 55.0 Å². The molecule has 1 aliphatic heterocycles. The Balaban J connectivity index is 2.24. The van der Waals surface area contributed by atoms with Gasteiger partial charge >= 0.3 is 0 Å². The summed E-state index contributed by atoms with van der Waals surface area (Å²) in [5.41, 5.74) is 2.58. The molecule has 1 saturated heterocycles. The van der Waals surface area contributed by atoms with Gasteiger partial charge in [-0.3, -0.25) is 14.5 Å². The number of aliphatic hydroxyl groups excluding tert-OH is 1. The third kappa shape index (κ3) is 10.0. The zero-order chi connectivity index (χ0) is 29.9. The summed E-state index contributed by atoms with van der Waals surface area (Å²) < 4.78 is 14.7. The number of halogens is 1. The Kier molecular flexibility index (Phi) is 12.7. The lowest BCUT2D eigenvalue weighted by Gasteiger charge is -2.31. The molecule has 2 amide bonds. The fourth-order valence-corrected chi connectivity index (χ4v) is 4.83. The van der Waals surface area contributed by atoms with Gasteiger partial charge in [0.2, 0.25) is 5.91 Å². The van der Waals surface area contributed by atoms with Crippen molar-refractivity contribution in [1.82, 2.24) is 20.4 Å². The Hall–Kier alpha value is -3.30. The van der Waals surface area contributed by atoms with Crippen LogP contribution in [0.1, 0.15) is 58.6 Å². The van der Waals surface area contributed by atoms with Crippen LogP contribution in [0.15, 0.2) is 53.8 Å². The van der Waals surface area contributed by atoms with Crippen LogP contribution in [0, 0.1) is 11.2 Å². The molecule has 1 aromatic carbocycles. The fraction of sp³-hybridized carbons (Fsp3) is 0.516. The van der Waals surface area contributed by atoms with E-state index in [2.05, 4.69) is 36.3 Å². The molecule has 1 fully saturated rings. The second kappa shape index (κ2) is 15.5. The molecular weight excluding hydrogens is 511 g/mol. The monoisotopic (exact) mass is 556 g/mol. The minimum atomic E-state index is -0.769. The van der Waals surface area contributed by atoms with E-state index in [0.29, 0.717) is 29.8 Å². The van der Waals surface area contributed by atoms with Crippen molar-refractivity contribution in [3.05, 3.63) is 70.7 Å². The summed E-state index contributed by atoms with van der Waals surface area (Å²) in [6, 6.07) is 4.27. The molecule has 2 rings (SSSR count). The van der Waals surface area contributed by atoms with Crippen LogP contribution in [0.3, 0.4) is 0 Å². The molecule has 0 bridgehead atoms. The molecule has 2 atom stereocenters. The van der Waals surface area contributed by atoms with Crippen LogP contribution in [0.25, 0.3) is 0 Å². The van der Waals surface area contributed by atoms with Crippen molar-refractivity contribution < 1.29 is 23.9 Å². The maximum absolute atomic E-state index is 14.7. The van der Waals surface area contributed by atoms with Crippen LogP contribution in [-0.4, -0.2) is 71.8 Å². The van der Waals surface area contributed by atoms with Crippen molar-refractivity contribution in [3.8, 4) is 0 Å². The van der Waals surface area contributed by atoms with E-state index in [1.807, 2.05) is 13.0 Å². The second-order valence-corrected chi connectivity index (χ2v) is 11.5. The molecule has 1 heterocycles. The van der Waals surface area contributed by atoms with Gasteiger partial charge in [0, 0.05) is 63.5 Å². The lowest BCUT2D eigenvalue weighted by atomic mass is 9.95. The molecule has 9 heteroatoms. The first kappa shape index (κ1) is 32.9. The molecule has 0 aromatic heterocycles. The van der Waals surface area contributed by atoms with Gasteiger partial charge in [0.1, 0.15) is 18.1 Å². The van der Waals surface area contributed by atoms with E-state index in [-0.39, 0.29) is 49.0 Å². The number of allylic oxidation sites excluding steroid dienone is 3. The van der Waals surface area contributed by atoms with E-state index < -0.39 is 12.1 Å². The summed E-state index contributed by atoms with van der Waals surface area (Å²) in [5.74, 6) is -0.962. The Bertz CT molecular complexity index is 1120. The average Bonchev–Trinajstić information content (AvgIpc) is 3.17. The van der Waals surface area contributed by atoms with Crippen LogP contribution in [0.2, 0.25) is 0 Å². The fourth-order valence-electron chi connectivity index (χ4n) is 4.83. The molecule has 8 nitrogen and oxygen atoms in total. The van der Waals surface area contributed by atoms with Gasteiger partial charge in [-0.25, -0.2) is 4.39 Å². The summed E-state index contributed by atoms with van der Waals surface area (Å²) in [5, 5.41) is 15.7. The number of nitrogens with one attached hydrogen (secondary N) is 2. The minimum Gasteiger partial charge on any atom is -0.392 e. The van der Waals surface area contributed by atoms with Gasteiger partial charge in [-0.1, -0.05) is 39.0 Å². The molecule has 40 heavy (non-hydrogen) atoms. The largest absolute Gasteiger partial charge is 0.392 e. The van der Waals surface area contributed by atoms with E-state index in [1.54, 1.807) is 37.4 Å². The van der Waals surface area contributed by atoms with Crippen LogP contribution in [0.5, 0.6) is 0 Å². The number of aliphatic hydroxyl groups is 1. The highest BCUT2D eigenvalue weighted by atomic mass is 19.1. The first-order valence-electron chi connectivity index (χ1n) is 13.8. The minimum absolute atomic E-state index is 0.0420. The third-order valence-corrected chi connectivity index (χ3v) is 6.42. The number of likely N-dealkylation sites (N-methyl/N-ethyl adjacent to an activating group) is 1. The van der Waals surface area contributed by atoms with Crippen LogP contribution in [0.4, 0.5) is 4.39 Å². The maximum atomic E-state index is 14.7. The maximum Gasteiger partial charge on any atom is 0.255 e. The Labute approximate surface area is 238 Å². The molecule has 0 aliphatic carbocycles. The first-order valence-corrected chi connectivity index (χ1v) is 13.8. The topological polar surface area (TPSA) is 102 Å². The van der Waals surface area contributed by atoms with Crippen LogP contribution >= 0.6 is 0 Å². The number of carbonyl (C=O) groups excluding carboxylic acids is 3. The normalized spacial score (nSPS) is 17.7. The van der Waals surface area contributed by atoms with Gasteiger partial charge < -0.3 is 25.4 Å². The number of hydrogen-bond donors (Lipinski definition) is 3. The highest BCUT2D eigenvalue weighted by Crippen LogP contribution is 2.27. The molecule has 3 N–H and O–H groups in total. The van der Waals surface area contributed by atoms with Crippen molar-refractivity contribution in [2.45, 2.75) is 72.7 Å². The number of benzene rings is 1. The highest BCUT2D eigenvalue weighted by molar-refractivity contribution is 6.04. The Morgan fingerprint density at radius 3 is 2.62 bits per heavy atom. The number of aldehydes is 1. The van der Waals surface area contributed by atoms with Gasteiger partial charge in [0.15, 0.2) is 0 Å².